The predicted octanol–water partition coefficient (Wildman–Crippen LogP) is 1.56. The van der Waals surface area contributed by atoms with Gasteiger partial charge in [0.2, 0.25) is 0 Å². The molecule has 0 amide bonds. The minimum atomic E-state index is -3.67. The van der Waals surface area contributed by atoms with E-state index in [0.29, 0.717) is 17.4 Å². The molecule has 10 nitrogen and oxygen atoms in total. The molecule has 11 heteroatoms. The van der Waals surface area contributed by atoms with E-state index in [1.807, 2.05) is 0 Å². The first-order valence-electron chi connectivity index (χ1n) is 8.93. The number of carbonyl (C=O) groups is 2. The van der Waals surface area contributed by atoms with Gasteiger partial charge in [-0.3, -0.25) is 9.35 Å². The molecule has 2 unspecified atom stereocenters. The molecule has 0 aliphatic carbocycles. The first-order valence-corrected chi connectivity index (χ1v) is 10.8. The molecule has 0 heterocycles. The van der Waals surface area contributed by atoms with Gasteiger partial charge >= 0.3 is 11.9 Å². The van der Waals surface area contributed by atoms with Gasteiger partial charge in [0.15, 0.2) is 11.5 Å². The zero-order valence-electron chi connectivity index (χ0n) is 16.9. The van der Waals surface area contributed by atoms with Crippen LogP contribution in [0.4, 0.5) is 0 Å². The van der Waals surface area contributed by atoms with Gasteiger partial charge in [0.25, 0.3) is 10.1 Å². The van der Waals surface area contributed by atoms with E-state index in [2.05, 4.69) is 0 Å². The lowest BCUT2D eigenvalue weighted by Crippen LogP contribution is -2.52. The van der Waals surface area contributed by atoms with Crippen LogP contribution in [0.15, 0.2) is 48.5 Å². The zero-order chi connectivity index (χ0) is 23.8. The maximum atomic E-state index is 12.1. The molecule has 0 aliphatic rings. The number of nitrogens with two attached hydrogens (primary N) is 1. The van der Waals surface area contributed by atoms with Gasteiger partial charge < -0.3 is 25.8 Å². The summed E-state index contributed by atoms with van der Waals surface area (Å²) >= 11 is 0. The Kier molecular flexibility index (Phi) is 8.98. The Morgan fingerprint density at radius 3 is 2.13 bits per heavy atom. The Morgan fingerprint density at radius 2 is 1.65 bits per heavy atom. The molecule has 6 N–H and O–H groups in total. The largest absolute Gasteiger partial charge is 0.504 e. The highest BCUT2D eigenvalue weighted by atomic mass is 32.2. The van der Waals surface area contributed by atoms with Crippen molar-refractivity contribution >= 4 is 22.1 Å². The molecule has 0 saturated heterocycles. The van der Waals surface area contributed by atoms with Crippen LogP contribution in [0.1, 0.15) is 29.3 Å². The molecule has 0 radical (unpaired) electrons. The number of carboxylic acid groups (broad SMARTS) is 1. The topological polar surface area (TPSA) is 184 Å². The third-order valence-corrected chi connectivity index (χ3v) is 3.95. The van der Waals surface area contributed by atoms with Crippen molar-refractivity contribution in [2.24, 2.45) is 5.73 Å². The van der Waals surface area contributed by atoms with Crippen LogP contribution in [-0.4, -0.2) is 58.1 Å². The van der Waals surface area contributed by atoms with E-state index in [4.69, 9.17) is 15.0 Å². The molecule has 2 aromatic carbocycles. The van der Waals surface area contributed by atoms with Gasteiger partial charge in [0.05, 0.1) is 11.8 Å². The second kappa shape index (κ2) is 10.8. The third kappa shape index (κ3) is 9.47. The number of hydrogen-bond donors (Lipinski definition) is 5. The molecule has 0 spiro atoms. The summed E-state index contributed by atoms with van der Waals surface area (Å²) in [5.41, 5.74) is 5.13. The van der Waals surface area contributed by atoms with Crippen molar-refractivity contribution in [2.75, 3.05) is 6.26 Å². The van der Waals surface area contributed by atoms with Gasteiger partial charge in [-0.2, -0.15) is 8.42 Å². The highest BCUT2D eigenvalue weighted by molar-refractivity contribution is 7.85. The Morgan fingerprint density at radius 1 is 1.10 bits per heavy atom. The second-order valence-corrected chi connectivity index (χ2v) is 8.45. The molecule has 0 aromatic heterocycles. The number of aromatic hydroxyl groups is 2. The van der Waals surface area contributed by atoms with Crippen LogP contribution in [0, 0.1) is 0 Å². The summed E-state index contributed by atoms with van der Waals surface area (Å²) < 4.78 is 31.2. The van der Waals surface area contributed by atoms with Crippen molar-refractivity contribution in [1.29, 1.82) is 0 Å². The number of ether oxygens (including phenoxy) is 1. The lowest BCUT2D eigenvalue weighted by molar-refractivity contribution is -0.144. The highest BCUT2D eigenvalue weighted by Crippen LogP contribution is 2.28. The molecule has 0 fully saturated rings. The van der Waals surface area contributed by atoms with Crippen LogP contribution in [0.25, 0.3) is 0 Å². The average molecular weight is 455 g/mol. The minimum absolute atomic E-state index is 0.108. The first kappa shape index (κ1) is 25.9. The van der Waals surface area contributed by atoms with Gasteiger partial charge in [-0.15, -0.1) is 0 Å². The number of benzene rings is 2. The summed E-state index contributed by atoms with van der Waals surface area (Å²) in [6.45, 7) is 1.57. The number of aliphatic carboxylic acids is 1. The van der Waals surface area contributed by atoms with Gasteiger partial charge in [-0.25, -0.2) is 4.79 Å². The molecule has 2 aromatic rings. The summed E-state index contributed by atoms with van der Waals surface area (Å²) in [7, 11) is -3.67. The van der Waals surface area contributed by atoms with Gasteiger partial charge in [-0.1, -0.05) is 24.3 Å². The van der Waals surface area contributed by atoms with Crippen molar-refractivity contribution < 1.29 is 42.6 Å². The van der Waals surface area contributed by atoms with E-state index in [-0.39, 0.29) is 24.3 Å². The fraction of sp³-hybridized carbons (Fsp3) is 0.300. The van der Waals surface area contributed by atoms with E-state index in [1.165, 1.54) is 18.2 Å². The standard InChI is InChI=1S/C19H21NO6.CH4O3S/c1-12(26-17(23)14-5-3-2-4-6-14)10-19(20,18(24)25)11-13-7-8-15(21)16(22)9-13;1-5(2,3)4/h2-9,12,21-22H,10-11,20H2,1H3,(H,24,25);1H3,(H,2,3,4). The highest BCUT2D eigenvalue weighted by Gasteiger charge is 2.37. The number of rotatable bonds is 7. The number of carbonyl (C=O) groups excluding carboxylic acids is 1. The SMILES string of the molecule is CC(CC(N)(Cc1ccc(O)c(O)c1)C(=O)O)OC(=O)c1ccccc1.CS(=O)(=O)O. The minimum Gasteiger partial charge on any atom is -0.504 e. The maximum absolute atomic E-state index is 12.1. The van der Waals surface area contributed by atoms with E-state index in [9.17, 15) is 33.3 Å². The van der Waals surface area contributed by atoms with Gasteiger partial charge in [0, 0.05) is 12.8 Å². The van der Waals surface area contributed by atoms with E-state index in [0.717, 1.165) is 0 Å². The molecule has 170 valence electrons. The van der Waals surface area contributed by atoms with Crippen molar-refractivity contribution in [1.82, 2.24) is 0 Å². The van der Waals surface area contributed by atoms with E-state index in [1.54, 1.807) is 37.3 Å². The molecular formula is C20H25NO9S. The molecule has 0 aliphatic heterocycles. The molecule has 2 atom stereocenters. The Bertz CT molecular complexity index is 1000. The zero-order valence-corrected chi connectivity index (χ0v) is 17.7. The second-order valence-electron chi connectivity index (χ2n) is 6.98. The normalized spacial score (nSPS) is 13.8. The fourth-order valence-corrected chi connectivity index (χ4v) is 2.66. The van der Waals surface area contributed by atoms with Crippen LogP contribution in [0.2, 0.25) is 0 Å². The summed E-state index contributed by atoms with van der Waals surface area (Å²) in [6.07, 6.45) is -0.256. The van der Waals surface area contributed by atoms with E-state index >= 15 is 0 Å². The van der Waals surface area contributed by atoms with Crippen LogP contribution in [0.3, 0.4) is 0 Å². The number of phenolic OH excluding ortho intramolecular Hbond substituents is 2. The van der Waals surface area contributed by atoms with Crippen LogP contribution in [0.5, 0.6) is 11.5 Å². The van der Waals surface area contributed by atoms with Crippen molar-refractivity contribution in [3.63, 3.8) is 0 Å². The van der Waals surface area contributed by atoms with Gasteiger partial charge in [-0.05, 0) is 36.8 Å². The summed E-state index contributed by atoms with van der Waals surface area (Å²) in [5, 5.41) is 28.4. The molecule has 2 rings (SSSR count). The van der Waals surface area contributed by atoms with Crippen LogP contribution < -0.4 is 5.73 Å². The number of esters is 1. The summed E-state index contributed by atoms with van der Waals surface area (Å²) in [6, 6.07) is 12.3. The monoisotopic (exact) mass is 455 g/mol. The van der Waals surface area contributed by atoms with Crippen LogP contribution in [-0.2, 0) is 26.1 Å². The van der Waals surface area contributed by atoms with Gasteiger partial charge in [0.1, 0.15) is 11.6 Å². The predicted molar refractivity (Wildman–Crippen MR) is 111 cm³/mol. The van der Waals surface area contributed by atoms with Crippen molar-refractivity contribution in [3.05, 3.63) is 59.7 Å². The maximum Gasteiger partial charge on any atom is 0.338 e. The van der Waals surface area contributed by atoms with Crippen molar-refractivity contribution in [3.8, 4) is 11.5 Å². The average Bonchev–Trinajstić information content (AvgIpc) is 2.63. The first-order chi connectivity index (χ1) is 14.2. The quantitative estimate of drug-likeness (QED) is 0.233. The number of hydrogen-bond acceptors (Lipinski definition) is 8. The Balaban J connectivity index is 0.000000861. The molecule has 0 bridgehead atoms. The summed E-state index contributed by atoms with van der Waals surface area (Å²) in [4.78, 5) is 23.8. The van der Waals surface area contributed by atoms with Crippen LogP contribution >= 0.6 is 0 Å². The molecular weight excluding hydrogens is 430 g/mol. The van der Waals surface area contributed by atoms with E-state index < -0.39 is 33.7 Å². The van der Waals surface area contributed by atoms with Crippen molar-refractivity contribution in [2.45, 2.75) is 31.4 Å². The fourth-order valence-electron chi connectivity index (χ4n) is 2.66. The smallest absolute Gasteiger partial charge is 0.338 e. The Labute approximate surface area is 179 Å². The lowest BCUT2D eigenvalue weighted by Gasteiger charge is -2.28. The summed E-state index contributed by atoms with van der Waals surface area (Å²) in [5.74, 6) is -2.49. The number of carboxylic acids is 1. The number of phenols is 2. The third-order valence-electron chi connectivity index (χ3n) is 3.95. The Hall–Kier alpha value is -3.15. The molecule has 31 heavy (non-hydrogen) atoms. The lowest BCUT2D eigenvalue weighted by atomic mass is 9.86. The molecule has 0 saturated carbocycles.